The molecule has 0 amide bonds. The third kappa shape index (κ3) is 2.05. The molecule has 0 aliphatic carbocycles. The molecular weight excluding hydrogens is 246 g/mol. The van der Waals surface area contributed by atoms with Gasteiger partial charge in [-0.15, -0.1) is 0 Å². The van der Waals surface area contributed by atoms with Gasteiger partial charge in [-0.25, -0.2) is 14.6 Å². The lowest BCUT2D eigenvalue weighted by atomic mass is 10.1. The predicted octanol–water partition coefficient (Wildman–Crippen LogP) is 2.28. The fourth-order valence-electron chi connectivity index (χ4n) is 1.47. The summed E-state index contributed by atoms with van der Waals surface area (Å²) in [6, 6.07) is 5.88. The number of aromatic carboxylic acids is 2. The van der Waals surface area contributed by atoms with Gasteiger partial charge in [0, 0.05) is 10.4 Å². The molecule has 1 heterocycles. The Morgan fingerprint density at radius 3 is 2.41 bits per heavy atom. The monoisotopic (exact) mass is 251 g/mol. The summed E-state index contributed by atoms with van der Waals surface area (Å²) in [5.41, 5.74) is -0.448. The van der Waals surface area contributed by atoms with E-state index in [1.165, 1.54) is 18.2 Å². The first kappa shape index (κ1) is 11.3. The fraction of sp³-hybridized carbons (Fsp3) is 0. The molecule has 0 radical (unpaired) electrons. The molecule has 0 aliphatic heterocycles. The average molecular weight is 252 g/mol. The zero-order valence-electron chi connectivity index (χ0n) is 8.35. The second kappa shape index (κ2) is 4.03. The van der Waals surface area contributed by atoms with Gasteiger partial charge < -0.3 is 10.2 Å². The zero-order chi connectivity index (χ0) is 12.6. The van der Waals surface area contributed by atoms with E-state index >= 15 is 0 Å². The molecule has 17 heavy (non-hydrogen) atoms. The van der Waals surface area contributed by atoms with Crippen molar-refractivity contribution in [3.05, 3.63) is 40.5 Å². The highest BCUT2D eigenvalue weighted by atomic mass is 35.5. The second-order valence-electron chi connectivity index (χ2n) is 3.33. The van der Waals surface area contributed by atoms with Gasteiger partial charge in [0.25, 0.3) is 0 Å². The van der Waals surface area contributed by atoms with E-state index in [9.17, 15) is 9.59 Å². The van der Waals surface area contributed by atoms with E-state index < -0.39 is 17.6 Å². The number of hydrogen-bond acceptors (Lipinski definition) is 3. The first-order chi connectivity index (χ1) is 7.99. The molecule has 0 saturated heterocycles. The molecule has 5 nitrogen and oxygen atoms in total. The normalized spacial score (nSPS) is 10.4. The number of carboxylic acid groups (broad SMARTS) is 2. The van der Waals surface area contributed by atoms with Crippen molar-refractivity contribution < 1.29 is 19.8 Å². The lowest BCUT2D eigenvalue weighted by Crippen LogP contribution is -2.10. The average Bonchev–Trinajstić information content (AvgIpc) is 2.26. The molecular formula is C11H6ClNO4. The van der Waals surface area contributed by atoms with Crippen LogP contribution >= 0.6 is 11.6 Å². The molecule has 0 unspecified atom stereocenters. The number of hydrogen-bond donors (Lipinski definition) is 2. The number of carbonyl (C=O) groups is 2. The molecule has 1 aromatic heterocycles. The van der Waals surface area contributed by atoms with Crippen molar-refractivity contribution in [2.45, 2.75) is 0 Å². The molecule has 2 rings (SSSR count). The highest BCUT2D eigenvalue weighted by molar-refractivity contribution is 6.31. The number of pyridine rings is 1. The van der Waals surface area contributed by atoms with Gasteiger partial charge >= 0.3 is 11.9 Å². The number of fused-ring (bicyclic) bond motifs is 1. The van der Waals surface area contributed by atoms with Crippen molar-refractivity contribution in [1.82, 2.24) is 4.98 Å². The van der Waals surface area contributed by atoms with Crippen LogP contribution in [0.5, 0.6) is 0 Å². The highest BCUT2D eigenvalue weighted by Crippen LogP contribution is 2.21. The minimum atomic E-state index is -1.38. The summed E-state index contributed by atoms with van der Waals surface area (Å²) < 4.78 is 0. The lowest BCUT2D eigenvalue weighted by Gasteiger charge is -2.04. The van der Waals surface area contributed by atoms with E-state index in [-0.39, 0.29) is 5.56 Å². The maximum atomic E-state index is 10.9. The van der Waals surface area contributed by atoms with Crippen LogP contribution < -0.4 is 0 Å². The number of benzene rings is 1. The quantitative estimate of drug-likeness (QED) is 0.855. The largest absolute Gasteiger partial charge is 0.478 e. The van der Waals surface area contributed by atoms with Crippen LogP contribution in [0.4, 0.5) is 0 Å². The van der Waals surface area contributed by atoms with Gasteiger partial charge in [-0.1, -0.05) is 11.6 Å². The summed E-state index contributed by atoms with van der Waals surface area (Å²) in [6.45, 7) is 0. The Bertz CT molecular complexity index is 639. The molecule has 0 saturated carbocycles. The minimum absolute atomic E-state index is 0.354. The Labute approximate surface area is 100 Å². The summed E-state index contributed by atoms with van der Waals surface area (Å²) in [5.74, 6) is -2.71. The van der Waals surface area contributed by atoms with E-state index in [2.05, 4.69) is 4.98 Å². The topological polar surface area (TPSA) is 87.5 Å². The molecule has 1 aromatic carbocycles. The summed E-state index contributed by atoms with van der Waals surface area (Å²) in [7, 11) is 0. The van der Waals surface area contributed by atoms with E-state index in [1.54, 1.807) is 6.07 Å². The van der Waals surface area contributed by atoms with Crippen LogP contribution in [0.25, 0.3) is 10.9 Å². The van der Waals surface area contributed by atoms with Gasteiger partial charge in [-0.05, 0) is 24.3 Å². The fourth-order valence-corrected chi connectivity index (χ4v) is 1.65. The van der Waals surface area contributed by atoms with Crippen LogP contribution in [0.15, 0.2) is 24.3 Å². The van der Waals surface area contributed by atoms with Crippen molar-refractivity contribution in [3.8, 4) is 0 Å². The second-order valence-corrected chi connectivity index (χ2v) is 3.77. The lowest BCUT2D eigenvalue weighted by molar-refractivity contribution is 0.0647. The summed E-state index contributed by atoms with van der Waals surface area (Å²) in [5, 5.41) is 18.7. The summed E-state index contributed by atoms with van der Waals surface area (Å²) in [6.07, 6.45) is 0. The summed E-state index contributed by atoms with van der Waals surface area (Å²) >= 11 is 5.76. The van der Waals surface area contributed by atoms with Crippen molar-refractivity contribution >= 4 is 34.4 Å². The maximum absolute atomic E-state index is 10.9. The van der Waals surface area contributed by atoms with Gasteiger partial charge in [-0.2, -0.15) is 0 Å². The smallest absolute Gasteiger partial charge is 0.355 e. The van der Waals surface area contributed by atoms with Crippen LogP contribution in [0.2, 0.25) is 5.02 Å². The zero-order valence-corrected chi connectivity index (χ0v) is 9.10. The molecule has 0 spiro atoms. The minimum Gasteiger partial charge on any atom is -0.478 e. The molecule has 0 bridgehead atoms. The summed E-state index contributed by atoms with van der Waals surface area (Å²) in [4.78, 5) is 25.6. The third-order valence-electron chi connectivity index (χ3n) is 2.21. The third-order valence-corrected chi connectivity index (χ3v) is 2.44. The molecule has 0 atom stereocenters. The molecule has 86 valence electrons. The first-order valence-corrected chi connectivity index (χ1v) is 4.94. The number of aromatic nitrogens is 1. The van der Waals surface area contributed by atoms with Crippen LogP contribution in [-0.2, 0) is 0 Å². The van der Waals surface area contributed by atoms with E-state index in [0.717, 1.165) is 0 Å². The number of nitrogens with zero attached hydrogens (tertiary/aromatic N) is 1. The van der Waals surface area contributed by atoms with E-state index in [0.29, 0.717) is 15.9 Å². The van der Waals surface area contributed by atoms with Crippen molar-refractivity contribution in [2.24, 2.45) is 0 Å². The molecule has 0 aliphatic rings. The molecule has 6 heteroatoms. The SMILES string of the molecule is O=C(O)c1cc2cc(Cl)ccc2nc1C(=O)O. The molecule has 2 aromatic rings. The van der Waals surface area contributed by atoms with Crippen molar-refractivity contribution in [3.63, 3.8) is 0 Å². The number of rotatable bonds is 2. The highest BCUT2D eigenvalue weighted by Gasteiger charge is 2.18. The Morgan fingerprint density at radius 2 is 1.82 bits per heavy atom. The van der Waals surface area contributed by atoms with Gasteiger partial charge in [0.15, 0.2) is 5.69 Å². The van der Waals surface area contributed by atoms with Gasteiger partial charge in [0.05, 0.1) is 11.1 Å². The molecule has 0 fully saturated rings. The van der Waals surface area contributed by atoms with Crippen molar-refractivity contribution in [2.75, 3.05) is 0 Å². The van der Waals surface area contributed by atoms with E-state index in [1.807, 2.05) is 0 Å². The Hall–Kier alpha value is -2.14. The predicted molar refractivity (Wildman–Crippen MR) is 60.7 cm³/mol. The molecule has 2 N–H and O–H groups in total. The number of halogens is 1. The number of carboxylic acids is 2. The van der Waals surface area contributed by atoms with Crippen LogP contribution in [0.3, 0.4) is 0 Å². The van der Waals surface area contributed by atoms with Gasteiger partial charge in [-0.3, -0.25) is 0 Å². The maximum Gasteiger partial charge on any atom is 0.355 e. The Kier molecular flexibility index (Phi) is 2.69. The first-order valence-electron chi connectivity index (χ1n) is 4.56. The Balaban J connectivity index is 2.81. The van der Waals surface area contributed by atoms with Crippen LogP contribution in [-0.4, -0.2) is 27.1 Å². The Morgan fingerprint density at radius 1 is 1.12 bits per heavy atom. The van der Waals surface area contributed by atoms with Crippen LogP contribution in [0, 0.1) is 0 Å². The van der Waals surface area contributed by atoms with E-state index in [4.69, 9.17) is 21.8 Å². The van der Waals surface area contributed by atoms with Gasteiger partial charge in [0.2, 0.25) is 0 Å². The van der Waals surface area contributed by atoms with Crippen LogP contribution in [0.1, 0.15) is 20.8 Å². The van der Waals surface area contributed by atoms with Crippen molar-refractivity contribution in [1.29, 1.82) is 0 Å². The van der Waals surface area contributed by atoms with Gasteiger partial charge in [0.1, 0.15) is 0 Å². The standard InChI is InChI=1S/C11H6ClNO4/c12-6-1-2-8-5(3-6)4-7(10(14)15)9(13-8)11(16)17/h1-4H,(H,14,15)(H,16,17).